The maximum Gasteiger partial charge on any atom is 0.264 e. The van der Waals surface area contributed by atoms with Crippen molar-refractivity contribution in [3.63, 3.8) is 0 Å². The predicted molar refractivity (Wildman–Crippen MR) is 147 cm³/mol. The molecule has 1 N–H and O–H groups in total. The summed E-state index contributed by atoms with van der Waals surface area (Å²) in [6.07, 6.45) is 0.680. The lowest BCUT2D eigenvalue weighted by atomic mass is 10.1. The number of hydrogen-bond donors (Lipinski definition) is 1. The minimum atomic E-state index is -4.18. The van der Waals surface area contributed by atoms with E-state index in [1.54, 1.807) is 24.3 Å². The van der Waals surface area contributed by atoms with Crippen LogP contribution in [0, 0.1) is 5.82 Å². The first-order chi connectivity index (χ1) is 18.0. The Morgan fingerprint density at radius 2 is 1.55 bits per heavy atom. The topological polar surface area (TPSA) is 86.8 Å². The van der Waals surface area contributed by atoms with Gasteiger partial charge in [-0.05, 0) is 62.7 Å². The van der Waals surface area contributed by atoms with E-state index in [1.165, 1.54) is 66.4 Å². The highest BCUT2D eigenvalue weighted by molar-refractivity contribution is 7.92. The maximum absolute atomic E-state index is 14.6. The molecule has 10 heteroatoms. The fraction of sp³-hybridized carbons (Fsp3) is 0.286. The van der Waals surface area contributed by atoms with Crippen molar-refractivity contribution in [3.05, 3.63) is 95.3 Å². The molecule has 0 radical (unpaired) electrons. The molecule has 0 saturated heterocycles. The van der Waals surface area contributed by atoms with Crippen molar-refractivity contribution in [3.8, 4) is 0 Å². The molecule has 0 aliphatic heterocycles. The molecule has 38 heavy (non-hydrogen) atoms. The van der Waals surface area contributed by atoms with Gasteiger partial charge in [0.2, 0.25) is 11.8 Å². The molecular weight excluding hydrogens is 529 g/mol. The monoisotopic (exact) mass is 559 g/mol. The first-order valence-corrected chi connectivity index (χ1v) is 14.0. The standard InChI is InChI=1S/C28H31ClFN3O4S/c1-4-20(2)31-28(35)21(3)32(18-22-10-8-9-13-26(22)30)27(34)19-33(24-16-14-23(29)15-17-24)38(36,37)25-11-6-5-7-12-25/h5-17,20-21H,4,18-19H2,1-3H3,(H,31,35)/t20-,21+/m0/s1. The van der Waals surface area contributed by atoms with E-state index in [9.17, 15) is 22.4 Å². The molecule has 3 rings (SSSR count). The van der Waals surface area contributed by atoms with Crippen LogP contribution in [0.3, 0.4) is 0 Å². The SMILES string of the molecule is CC[C@H](C)NC(=O)[C@@H](C)N(Cc1ccccc1F)C(=O)CN(c1ccc(Cl)cc1)S(=O)(=O)c1ccccc1. The molecule has 3 aromatic rings. The van der Waals surface area contributed by atoms with Gasteiger partial charge in [-0.15, -0.1) is 0 Å². The van der Waals surface area contributed by atoms with Crippen LogP contribution in [0.1, 0.15) is 32.8 Å². The average Bonchev–Trinajstić information content (AvgIpc) is 2.91. The molecule has 0 aliphatic carbocycles. The Morgan fingerprint density at radius 3 is 2.16 bits per heavy atom. The van der Waals surface area contributed by atoms with Gasteiger partial charge < -0.3 is 10.2 Å². The number of nitrogens with zero attached hydrogens (tertiary/aromatic N) is 2. The largest absolute Gasteiger partial charge is 0.352 e. The highest BCUT2D eigenvalue weighted by Crippen LogP contribution is 2.26. The van der Waals surface area contributed by atoms with Crippen LogP contribution in [0.4, 0.5) is 10.1 Å². The molecule has 0 heterocycles. The molecule has 0 spiro atoms. The minimum Gasteiger partial charge on any atom is -0.352 e. The van der Waals surface area contributed by atoms with Crippen molar-refractivity contribution in [2.75, 3.05) is 10.8 Å². The Kier molecular flexibility index (Phi) is 9.88. The second kappa shape index (κ2) is 12.9. The molecule has 0 unspecified atom stereocenters. The molecule has 2 atom stereocenters. The lowest BCUT2D eigenvalue weighted by Crippen LogP contribution is -2.52. The molecule has 0 saturated carbocycles. The first kappa shape index (κ1) is 29.1. The van der Waals surface area contributed by atoms with Crippen LogP contribution in [-0.2, 0) is 26.2 Å². The highest BCUT2D eigenvalue weighted by atomic mass is 35.5. The van der Waals surface area contributed by atoms with Crippen molar-refractivity contribution < 1.29 is 22.4 Å². The number of carbonyl (C=O) groups excluding carboxylic acids is 2. The summed E-state index contributed by atoms with van der Waals surface area (Å²) in [6, 6.07) is 18.6. The van der Waals surface area contributed by atoms with Crippen LogP contribution in [0.5, 0.6) is 0 Å². The van der Waals surface area contributed by atoms with Crippen molar-refractivity contribution in [2.45, 2.75) is 50.7 Å². The van der Waals surface area contributed by atoms with E-state index in [1.807, 2.05) is 13.8 Å². The van der Waals surface area contributed by atoms with Gasteiger partial charge in [0.05, 0.1) is 10.6 Å². The number of carbonyl (C=O) groups is 2. The lowest BCUT2D eigenvalue weighted by molar-refractivity contribution is -0.139. The van der Waals surface area contributed by atoms with E-state index in [2.05, 4.69) is 5.32 Å². The second-order valence-corrected chi connectivity index (χ2v) is 11.2. The Labute approximate surface area is 228 Å². The number of amides is 2. The average molecular weight is 560 g/mol. The van der Waals surface area contributed by atoms with Crippen LogP contribution in [-0.4, -0.2) is 43.8 Å². The molecule has 0 aliphatic rings. The first-order valence-electron chi connectivity index (χ1n) is 12.2. The van der Waals surface area contributed by atoms with E-state index in [4.69, 9.17) is 11.6 Å². The summed E-state index contributed by atoms with van der Waals surface area (Å²) in [5.41, 5.74) is 0.419. The van der Waals surface area contributed by atoms with E-state index < -0.39 is 40.2 Å². The quantitative estimate of drug-likeness (QED) is 0.358. The Morgan fingerprint density at radius 1 is 0.947 bits per heavy atom. The molecule has 0 bridgehead atoms. The van der Waals surface area contributed by atoms with E-state index in [-0.39, 0.29) is 28.7 Å². The fourth-order valence-electron chi connectivity index (χ4n) is 3.71. The minimum absolute atomic E-state index is 0.00836. The van der Waals surface area contributed by atoms with Gasteiger partial charge in [-0.3, -0.25) is 13.9 Å². The van der Waals surface area contributed by atoms with Crippen molar-refractivity contribution in [1.29, 1.82) is 0 Å². The zero-order chi connectivity index (χ0) is 27.9. The maximum atomic E-state index is 14.6. The number of rotatable bonds is 11. The highest BCUT2D eigenvalue weighted by Gasteiger charge is 2.33. The zero-order valence-corrected chi connectivity index (χ0v) is 23.0. The molecule has 3 aromatic carbocycles. The Bertz CT molecular complexity index is 1350. The second-order valence-electron chi connectivity index (χ2n) is 8.91. The van der Waals surface area contributed by atoms with Crippen molar-refractivity contribution in [2.24, 2.45) is 0 Å². The van der Waals surface area contributed by atoms with Crippen LogP contribution in [0.2, 0.25) is 5.02 Å². The summed E-state index contributed by atoms with van der Waals surface area (Å²) < 4.78 is 42.8. The zero-order valence-electron chi connectivity index (χ0n) is 21.5. The third kappa shape index (κ3) is 7.11. The van der Waals surface area contributed by atoms with Crippen LogP contribution >= 0.6 is 11.6 Å². The molecule has 202 valence electrons. The van der Waals surface area contributed by atoms with E-state index in [0.29, 0.717) is 11.4 Å². The molecule has 7 nitrogen and oxygen atoms in total. The summed E-state index contributed by atoms with van der Waals surface area (Å²) >= 11 is 6.02. The third-order valence-corrected chi connectivity index (χ3v) is 8.23. The summed E-state index contributed by atoms with van der Waals surface area (Å²) in [6.45, 7) is 4.45. The van der Waals surface area contributed by atoms with Gasteiger partial charge >= 0.3 is 0 Å². The van der Waals surface area contributed by atoms with Gasteiger partial charge in [0.15, 0.2) is 0 Å². The summed E-state index contributed by atoms with van der Waals surface area (Å²) in [4.78, 5) is 28.0. The fourth-order valence-corrected chi connectivity index (χ4v) is 5.28. The summed E-state index contributed by atoms with van der Waals surface area (Å²) in [5, 5.41) is 3.24. The number of hydrogen-bond acceptors (Lipinski definition) is 4. The van der Waals surface area contributed by atoms with Gasteiger partial charge in [-0.25, -0.2) is 12.8 Å². The molecule has 0 aromatic heterocycles. The van der Waals surface area contributed by atoms with Gasteiger partial charge in [0.25, 0.3) is 10.0 Å². The third-order valence-electron chi connectivity index (χ3n) is 6.19. The molecule has 2 amide bonds. The van der Waals surface area contributed by atoms with Crippen LogP contribution in [0.25, 0.3) is 0 Å². The number of nitrogens with one attached hydrogen (secondary N) is 1. The van der Waals surface area contributed by atoms with Gasteiger partial charge in [0, 0.05) is 23.2 Å². The van der Waals surface area contributed by atoms with Gasteiger partial charge in [-0.2, -0.15) is 0 Å². The smallest absolute Gasteiger partial charge is 0.264 e. The lowest BCUT2D eigenvalue weighted by Gasteiger charge is -2.32. The normalized spacial score (nSPS) is 12.9. The summed E-state index contributed by atoms with van der Waals surface area (Å²) in [7, 11) is -4.18. The Balaban J connectivity index is 2.02. The van der Waals surface area contributed by atoms with E-state index >= 15 is 0 Å². The van der Waals surface area contributed by atoms with Gasteiger partial charge in [0.1, 0.15) is 18.4 Å². The van der Waals surface area contributed by atoms with Gasteiger partial charge in [-0.1, -0.05) is 54.9 Å². The van der Waals surface area contributed by atoms with Crippen molar-refractivity contribution in [1.82, 2.24) is 10.2 Å². The molecule has 0 fully saturated rings. The molecular formula is C28H31ClFN3O4S. The predicted octanol–water partition coefficient (Wildman–Crippen LogP) is 5.01. The van der Waals surface area contributed by atoms with E-state index in [0.717, 1.165) is 4.31 Å². The Hall–Kier alpha value is -3.43. The van der Waals surface area contributed by atoms with Crippen LogP contribution < -0.4 is 9.62 Å². The number of sulfonamides is 1. The summed E-state index contributed by atoms with van der Waals surface area (Å²) in [5.74, 6) is -1.63. The number of halogens is 2. The number of anilines is 1. The number of benzene rings is 3. The van der Waals surface area contributed by atoms with Crippen molar-refractivity contribution >= 4 is 39.1 Å². The van der Waals surface area contributed by atoms with Crippen LogP contribution in [0.15, 0.2) is 83.8 Å².